The summed E-state index contributed by atoms with van der Waals surface area (Å²) < 4.78 is 5.32. The molecule has 7 heteroatoms. The Labute approximate surface area is 236 Å². The summed E-state index contributed by atoms with van der Waals surface area (Å²) in [5.41, 5.74) is 4.81. The van der Waals surface area contributed by atoms with Crippen molar-refractivity contribution in [2.45, 2.75) is 45.7 Å². The van der Waals surface area contributed by atoms with Gasteiger partial charge in [-0.2, -0.15) is 0 Å². The maximum atomic E-state index is 14.3. The highest BCUT2D eigenvalue weighted by Gasteiger charge is 2.31. The third-order valence-corrected chi connectivity index (χ3v) is 7.45. The Bertz CT molecular complexity index is 1400. The lowest BCUT2D eigenvalue weighted by Crippen LogP contribution is -2.47. The van der Waals surface area contributed by atoms with E-state index in [-0.39, 0.29) is 30.3 Å². The Morgan fingerprint density at radius 3 is 2.23 bits per heavy atom. The van der Waals surface area contributed by atoms with Crippen LogP contribution in [0.15, 0.2) is 78.9 Å². The van der Waals surface area contributed by atoms with Crippen molar-refractivity contribution in [3.05, 3.63) is 101 Å². The number of piperidine rings is 1. The molecule has 1 N–H and O–H groups in total. The van der Waals surface area contributed by atoms with Gasteiger partial charge >= 0.3 is 5.97 Å². The van der Waals surface area contributed by atoms with Crippen LogP contribution in [0.5, 0.6) is 5.75 Å². The van der Waals surface area contributed by atoms with Gasteiger partial charge in [-0.3, -0.25) is 9.59 Å². The number of aryl methyl sites for hydroxylation is 1. The maximum Gasteiger partial charge on any atom is 0.308 e. The number of aromatic amines is 1. The minimum atomic E-state index is -0.380. The number of carbonyl (C=O) groups is 2. The van der Waals surface area contributed by atoms with Gasteiger partial charge in [-0.1, -0.05) is 60.7 Å². The van der Waals surface area contributed by atoms with Crippen LogP contribution in [-0.2, 0) is 17.8 Å². The number of carbonyl (C=O) groups excluding carboxylic acids is 2. The topological polar surface area (TPSA) is 65.6 Å². The minimum absolute atomic E-state index is 0. The molecular weight excluding hydrogens is 510 g/mol. The van der Waals surface area contributed by atoms with Gasteiger partial charge in [0.1, 0.15) is 5.75 Å². The summed E-state index contributed by atoms with van der Waals surface area (Å²) in [5.74, 6) is 0.0777. The molecule has 0 unspecified atom stereocenters. The first-order valence-electron chi connectivity index (χ1n) is 13.4. The number of nitrogens with zero attached hydrogens (tertiary/aromatic N) is 2. The maximum absolute atomic E-state index is 14.3. The van der Waals surface area contributed by atoms with Crippen molar-refractivity contribution in [2.75, 3.05) is 19.6 Å². The molecule has 0 saturated carbocycles. The second-order valence-electron chi connectivity index (χ2n) is 10.2. The molecule has 4 aromatic rings. The van der Waals surface area contributed by atoms with Crippen molar-refractivity contribution in [3.8, 4) is 5.75 Å². The Kier molecular flexibility index (Phi) is 9.44. The first kappa shape index (κ1) is 28.4. The van der Waals surface area contributed by atoms with Crippen LogP contribution in [0.3, 0.4) is 0 Å². The first-order chi connectivity index (χ1) is 18.5. The molecular formula is C32H36ClN3O3. The third-order valence-electron chi connectivity index (χ3n) is 7.45. The summed E-state index contributed by atoms with van der Waals surface area (Å²) in [6.07, 6.45) is 2.91. The van der Waals surface area contributed by atoms with Gasteiger partial charge in [0.15, 0.2) is 0 Å². The number of ether oxygens (including phenoxy) is 1. The number of halogens is 1. The number of rotatable bonds is 8. The zero-order valence-electron chi connectivity index (χ0n) is 22.6. The van der Waals surface area contributed by atoms with E-state index in [4.69, 9.17) is 4.74 Å². The highest BCUT2D eigenvalue weighted by Crippen LogP contribution is 2.30. The van der Waals surface area contributed by atoms with Crippen molar-refractivity contribution in [2.24, 2.45) is 0 Å². The Morgan fingerprint density at radius 2 is 1.59 bits per heavy atom. The van der Waals surface area contributed by atoms with Gasteiger partial charge < -0.3 is 19.5 Å². The molecule has 0 aliphatic carbocycles. The molecule has 3 aromatic carbocycles. The number of hydrogen-bond acceptors (Lipinski definition) is 4. The molecule has 1 saturated heterocycles. The minimum Gasteiger partial charge on any atom is -0.427 e. The van der Waals surface area contributed by atoms with Crippen molar-refractivity contribution in [1.29, 1.82) is 0 Å². The van der Waals surface area contributed by atoms with Gasteiger partial charge in [0.2, 0.25) is 0 Å². The van der Waals surface area contributed by atoms with Gasteiger partial charge in [0, 0.05) is 55.7 Å². The van der Waals surface area contributed by atoms with E-state index in [2.05, 4.69) is 57.2 Å². The van der Waals surface area contributed by atoms with E-state index in [9.17, 15) is 9.59 Å². The summed E-state index contributed by atoms with van der Waals surface area (Å²) in [5, 5.41) is 0.782. The molecule has 1 fully saturated rings. The lowest BCUT2D eigenvalue weighted by Gasteiger charge is -2.39. The monoisotopic (exact) mass is 545 g/mol. The molecule has 2 heterocycles. The van der Waals surface area contributed by atoms with Crippen LogP contribution >= 0.6 is 12.4 Å². The summed E-state index contributed by atoms with van der Waals surface area (Å²) in [7, 11) is 0. The molecule has 0 radical (unpaired) electrons. The van der Waals surface area contributed by atoms with Gasteiger partial charge in [-0.05, 0) is 55.5 Å². The van der Waals surface area contributed by atoms with Crippen LogP contribution < -0.4 is 4.74 Å². The van der Waals surface area contributed by atoms with Gasteiger partial charge in [-0.25, -0.2) is 0 Å². The fourth-order valence-electron chi connectivity index (χ4n) is 5.49. The van der Waals surface area contributed by atoms with E-state index in [0.29, 0.717) is 17.9 Å². The quantitative estimate of drug-likeness (QED) is 0.212. The first-order valence-corrected chi connectivity index (χ1v) is 13.4. The molecule has 5 rings (SSSR count). The molecule has 0 spiro atoms. The zero-order chi connectivity index (χ0) is 26.5. The van der Waals surface area contributed by atoms with Gasteiger partial charge in [0.05, 0.1) is 5.56 Å². The van der Waals surface area contributed by atoms with Gasteiger partial charge in [0.25, 0.3) is 5.91 Å². The van der Waals surface area contributed by atoms with E-state index < -0.39 is 0 Å². The van der Waals surface area contributed by atoms with Crippen molar-refractivity contribution in [1.82, 2.24) is 14.8 Å². The largest absolute Gasteiger partial charge is 0.427 e. The summed E-state index contributed by atoms with van der Waals surface area (Å²) in [6, 6.07) is 26.4. The van der Waals surface area contributed by atoms with Crippen LogP contribution in [0.4, 0.5) is 0 Å². The average molecular weight is 546 g/mol. The zero-order valence-corrected chi connectivity index (χ0v) is 23.4. The number of nitrogens with one attached hydrogen (secondary N) is 1. The predicted octanol–water partition coefficient (Wildman–Crippen LogP) is 6.17. The number of aromatic nitrogens is 1. The van der Waals surface area contributed by atoms with Crippen LogP contribution in [0.1, 0.15) is 46.9 Å². The number of H-pyrrole nitrogens is 1. The molecule has 1 aliphatic heterocycles. The van der Waals surface area contributed by atoms with E-state index in [1.807, 2.05) is 31.2 Å². The highest BCUT2D eigenvalue weighted by atomic mass is 35.5. The SMILES string of the molecule is CC(=O)Oc1ccc2[nH]c(C)c(C(=O)N(Cc3ccccc3)C3CCN(CCc4ccccc4)CC3)c2c1.Cl. The lowest BCUT2D eigenvalue weighted by molar-refractivity contribution is -0.131. The number of amides is 1. The number of benzene rings is 3. The number of hydrogen-bond donors (Lipinski definition) is 1. The standard InChI is InChI=1S/C32H35N3O3.ClH/c1-23-31(29-21-28(38-24(2)36)13-14-30(29)33-23)32(37)35(22-26-11-7-4-8-12-26)27-16-19-34(20-17-27)18-15-25-9-5-3-6-10-25;/h3-14,21,27,33H,15-20,22H2,1-2H3;1H. The molecule has 6 nitrogen and oxygen atoms in total. The van der Waals surface area contributed by atoms with E-state index >= 15 is 0 Å². The number of likely N-dealkylation sites (tertiary alicyclic amines) is 1. The molecule has 0 atom stereocenters. The molecule has 0 bridgehead atoms. The van der Waals surface area contributed by atoms with Crippen LogP contribution in [-0.4, -0.2) is 52.3 Å². The van der Waals surface area contributed by atoms with Crippen molar-refractivity contribution >= 4 is 35.2 Å². The van der Waals surface area contributed by atoms with Crippen LogP contribution in [0, 0.1) is 6.92 Å². The molecule has 1 amide bonds. The van der Waals surface area contributed by atoms with Gasteiger partial charge in [-0.15, -0.1) is 12.4 Å². The Hall–Kier alpha value is -3.61. The van der Waals surface area contributed by atoms with E-state index in [1.54, 1.807) is 12.1 Å². The fourth-order valence-corrected chi connectivity index (χ4v) is 5.49. The number of esters is 1. The number of fused-ring (bicyclic) bond motifs is 1. The lowest BCUT2D eigenvalue weighted by atomic mass is 9.99. The normalized spacial score (nSPS) is 14.1. The molecule has 1 aliphatic rings. The second-order valence-corrected chi connectivity index (χ2v) is 10.2. The Morgan fingerprint density at radius 1 is 0.949 bits per heavy atom. The van der Waals surface area contributed by atoms with Crippen molar-refractivity contribution < 1.29 is 14.3 Å². The summed E-state index contributed by atoms with van der Waals surface area (Å²) >= 11 is 0. The third kappa shape index (κ3) is 6.88. The molecule has 204 valence electrons. The fraction of sp³-hybridized carbons (Fsp3) is 0.312. The second kappa shape index (κ2) is 13.0. The summed E-state index contributed by atoms with van der Waals surface area (Å²) in [4.78, 5) is 33.7. The molecule has 1 aromatic heterocycles. The summed E-state index contributed by atoms with van der Waals surface area (Å²) in [6.45, 7) is 6.85. The molecule has 39 heavy (non-hydrogen) atoms. The van der Waals surface area contributed by atoms with Crippen LogP contribution in [0.2, 0.25) is 0 Å². The smallest absolute Gasteiger partial charge is 0.308 e. The van der Waals surface area contributed by atoms with Crippen molar-refractivity contribution in [3.63, 3.8) is 0 Å². The highest BCUT2D eigenvalue weighted by molar-refractivity contribution is 6.08. The van der Waals surface area contributed by atoms with Crippen LogP contribution in [0.25, 0.3) is 10.9 Å². The van der Waals surface area contributed by atoms with E-state index in [0.717, 1.165) is 61.1 Å². The Balaban J connectivity index is 0.00000353. The predicted molar refractivity (Wildman–Crippen MR) is 158 cm³/mol. The average Bonchev–Trinajstić information content (AvgIpc) is 3.26. The van der Waals surface area contributed by atoms with E-state index in [1.165, 1.54) is 12.5 Å².